The van der Waals surface area contributed by atoms with E-state index in [1.165, 1.54) is 0 Å². The van der Waals surface area contributed by atoms with E-state index in [9.17, 15) is 9.59 Å². The molecule has 0 aromatic heterocycles. The van der Waals surface area contributed by atoms with E-state index in [4.69, 9.17) is 16.7 Å². The van der Waals surface area contributed by atoms with Crippen molar-refractivity contribution in [3.63, 3.8) is 0 Å². The number of amides is 2. The van der Waals surface area contributed by atoms with Gasteiger partial charge in [-0.2, -0.15) is 0 Å². The maximum absolute atomic E-state index is 11.6. The van der Waals surface area contributed by atoms with Gasteiger partial charge in [-0.05, 0) is 24.1 Å². The van der Waals surface area contributed by atoms with E-state index in [0.29, 0.717) is 18.0 Å². The number of carbonyl (C=O) groups is 2. The van der Waals surface area contributed by atoms with Crippen LogP contribution in [0.1, 0.15) is 25.3 Å². The van der Waals surface area contributed by atoms with Crippen LogP contribution in [0.3, 0.4) is 0 Å². The van der Waals surface area contributed by atoms with E-state index >= 15 is 0 Å². The number of rotatable bonds is 7. The number of hydrogen-bond acceptors (Lipinski definition) is 2. The Kier molecular flexibility index (Phi) is 6.87. The van der Waals surface area contributed by atoms with Crippen molar-refractivity contribution in [1.82, 2.24) is 10.6 Å². The topological polar surface area (TPSA) is 78.4 Å². The third-order valence-corrected chi connectivity index (χ3v) is 3.11. The SMILES string of the molecule is CCCC(CNC(=O)NCc1ccc(Cl)cc1)C(=O)O. The van der Waals surface area contributed by atoms with Gasteiger partial charge in [0.05, 0.1) is 5.92 Å². The first-order valence-electron chi connectivity index (χ1n) is 6.52. The van der Waals surface area contributed by atoms with Crippen LogP contribution in [0.15, 0.2) is 24.3 Å². The van der Waals surface area contributed by atoms with Crippen molar-refractivity contribution < 1.29 is 14.7 Å². The molecule has 0 aliphatic heterocycles. The summed E-state index contributed by atoms with van der Waals surface area (Å²) in [6.45, 7) is 2.42. The van der Waals surface area contributed by atoms with Crippen LogP contribution in [0, 0.1) is 5.92 Å². The van der Waals surface area contributed by atoms with Crippen LogP contribution in [0.4, 0.5) is 4.79 Å². The summed E-state index contributed by atoms with van der Waals surface area (Å²) in [5, 5.41) is 14.9. The van der Waals surface area contributed by atoms with Crippen LogP contribution in [-0.2, 0) is 11.3 Å². The standard InChI is InChI=1S/C14H19ClN2O3/c1-2-3-11(13(18)19)9-17-14(20)16-8-10-4-6-12(15)7-5-10/h4-7,11H,2-3,8-9H2,1H3,(H,18,19)(H2,16,17,20). The average molecular weight is 299 g/mol. The lowest BCUT2D eigenvalue weighted by atomic mass is 10.0. The van der Waals surface area contributed by atoms with Crippen molar-refractivity contribution in [2.24, 2.45) is 5.92 Å². The Morgan fingerprint density at radius 3 is 2.45 bits per heavy atom. The number of nitrogens with one attached hydrogen (secondary N) is 2. The molecular formula is C14H19ClN2O3. The van der Waals surface area contributed by atoms with E-state index < -0.39 is 11.9 Å². The summed E-state index contributed by atoms with van der Waals surface area (Å²) in [4.78, 5) is 22.5. The summed E-state index contributed by atoms with van der Waals surface area (Å²) in [5.74, 6) is -1.42. The average Bonchev–Trinajstić information content (AvgIpc) is 2.42. The molecule has 20 heavy (non-hydrogen) atoms. The molecule has 1 aromatic rings. The molecule has 1 unspecified atom stereocenters. The number of aliphatic carboxylic acids is 1. The van der Waals surface area contributed by atoms with E-state index in [2.05, 4.69) is 10.6 Å². The van der Waals surface area contributed by atoms with Gasteiger partial charge in [-0.3, -0.25) is 4.79 Å². The van der Waals surface area contributed by atoms with Gasteiger partial charge < -0.3 is 15.7 Å². The normalized spacial score (nSPS) is 11.7. The fourth-order valence-corrected chi connectivity index (χ4v) is 1.85. The number of halogens is 1. The van der Waals surface area contributed by atoms with Gasteiger partial charge in [-0.25, -0.2) is 4.79 Å². The highest BCUT2D eigenvalue weighted by Crippen LogP contribution is 2.09. The predicted molar refractivity (Wildman–Crippen MR) is 77.7 cm³/mol. The lowest BCUT2D eigenvalue weighted by Crippen LogP contribution is -2.39. The van der Waals surface area contributed by atoms with Gasteiger partial charge >= 0.3 is 12.0 Å². The monoisotopic (exact) mass is 298 g/mol. The summed E-state index contributed by atoms with van der Waals surface area (Å²) in [6.07, 6.45) is 1.32. The predicted octanol–water partition coefficient (Wildman–Crippen LogP) is 2.64. The minimum Gasteiger partial charge on any atom is -0.481 e. The van der Waals surface area contributed by atoms with Crippen molar-refractivity contribution in [1.29, 1.82) is 0 Å². The molecule has 0 saturated carbocycles. The number of urea groups is 1. The lowest BCUT2D eigenvalue weighted by molar-refractivity contribution is -0.141. The Bertz CT molecular complexity index is 448. The first kappa shape index (κ1) is 16.3. The number of carboxylic acid groups (broad SMARTS) is 1. The molecule has 5 nitrogen and oxygen atoms in total. The molecule has 1 aromatic carbocycles. The molecule has 6 heteroatoms. The van der Waals surface area contributed by atoms with Gasteiger partial charge in [-0.1, -0.05) is 37.1 Å². The van der Waals surface area contributed by atoms with Gasteiger partial charge in [0.25, 0.3) is 0 Å². The smallest absolute Gasteiger partial charge is 0.315 e. The van der Waals surface area contributed by atoms with Gasteiger partial charge in [0, 0.05) is 18.1 Å². The molecule has 0 radical (unpaired) electrons. The van der Waals surface area contributed by atoms with Crippen molar-refractivity contribution in [3.8, 4) is 0 Å². The molecule has 1 rings (SSSR count). The molecule has 0 spiro atoms. The molecule has 2 amide bonds. The Balaban J connectivity index is 2.32. The fraction of sp³-hybridized carbons (Fsp3) is 0.429. The highest BCUT2D eigenvalue weighted by atomic mass is 35.5. The highest BCUT2D eigenvalue weighted by Gasteiger charge is 2.16. The van der Waals surface area contributed by atoms with E-state index in [1.54, 1.807) is 12.1 Å². The summed E-state index contributed by atoms with van der Waals surface area (Å²) < 4.78 is 0. The third-order valence-electron chi connectivity index (χ3n) is 2.86. The summed E-state index contributed by atoms with van der Waals surface area (Å²) in [6, 6.07) is 6.76. The molecular weight excluding hydrogens is 280 g/mol. The Hall–Kier alpha value is -1.75. The van der Waals surface area contributed by atoms with Gasteiger partial charge in [0.1, 0.15) is 0 Å². The van der Waals surface area contributed by atoms with Crippen molar-refractivity contribution >= 4 is 23.6 Å². The number of carbonyl (C=O) groups excluding carboxylic acids is 1. The largest absolute Gasteiger partial charge is 0.481 e. The van der Waals surface area contributed by atoms with Gasteiger partial charge in [-0.15, -0.1) is 0 Å². The third kappa shape index (κ3) is 5.93. The molecule has 0 saturated heterocycles. The molecule has 0 bridgehead atoms. The summed E-state index contributed by atoms with van der Waals surface area (Å²) in [5.41, 5.74) is 0.924. The first-order chi connectivity index (χ1) is 9.52. The van der Waals surface area contributed by atoms with E-state index in [1.807, 2.05) is 19.1 Å². The zero-order valence-corrected chi connectivity index (χ0v) is 12.1. The Labute approximate surface area is 123 Å². The Morgan fingerprint density at radius 2 is 1.90 bits per heavy atom. The maximum atomic E-state index is 11.6. The van der Waals surface area contributed by atoms with Crippen LogP contribution in [0.25, 0.3) is 0 Å². The summed E-state index contributed by atoms with van der Waals surface area (Å²) in [7, 11) is 0. The van der Waals surface area contributed by atoms with Crippen LogP contribution >= 0.6 is 11.6 Å². The van der Waals surface area contributed by atoms with E-state index in [0.717, 1.165) is 12.0 Å². The Morgan fingerprint density at radius 1 is 1.25 bits per heavy atom. The van der Waals surface area contributed by atoms with Crippen LogP contribution in [0.5, 0.6) is 0 Å². The van der Waals surface area contributed by atoms with Crippen LogP contribution in [0.2, 0.25) is 5.02 Å². The quantitative estimate of drug-likeness (QED) is 0.724. The molecule has 0 fully saturated rings. The first-order valence-corrected chi connectivity index (χ1v) is 6.89. The highest BCUT2D eigenvalue weighted by molar-refractivity contribution is 6.30. The maximum Gasteiger partial charge on any atom is 0.315 e. The number of carboxylic acids is 1. The molecule has 1 atom stereocenters. The molecule has 3 N–H and O–H groups in total. The second-order valence-electron chi connectivity index (χ2n) is 4.51. The molecule has 0 heterocycles. The van der Waals surface area contributed by atoms with Gasteiger partial charge in [0.2, 0.25) is 0 Å². The van der Waals surface area contributed by atoms with Gasteiger partial charge in [0.15, 0.2) is 0 Å². The van der Waals surface area contributed by atoms with Crippen LogP contribution in [-0.4, -0.2) is 23.7 Å². The summed E-state index contributed by atoms with van der Waals surface area (Å²) >= 11 is 5.76. The molecule has 0 aliphatic rings. The number of benzene rings is 1. The minimum absolute atomic E-state index is 0.135. The van der Waals surface area contributed by atoms with Crippen molar-refractivity contribution in [2.75, 3.05) is 6.54 Å². The van der Waals surface area contributed by atoms with Crippen molar-refractivity contribution in [2.45, 2.75) is 26.3 Å². The zero-order valence-electron chi connectivity index (χ0n) is 11.4. The fourth-order valence-electron chi connectivity index (χ4n) is 1.72. The molecule has 0 aliphatic carbocycles. The zero-order chi connectivity index (χ0) is 15.0. The number of hydrogen-bond donors (Lipinski definition) is 3. The van der Waals surface area contributed by atoms with Crippen LogP contribution < -0.4 is 10.6 Å². The lowest BCUT2D eigenvalue weighted by Gasteiger charge is -2.13. The minimum atomic E-state index is -0.884. The second kappa shape index (κ2) is 8.43. The molecule has 110 valence electrons. The van der Waals surface area contributed by atoms with E-state index in [-0.39, 0.29) is 12.6 Å². The second-order valence-corrected chi connectivity index (χ2v) is 4.95. The van der Waals surface area contributed by atoms with Crippen molar-refractivity contribution in [3.05, 3.63) is 34.9 Å².